The van der Waals surface area contributed by atoms with Crippen LogP contribution in [-0.4, -0.2) is 48.7 Å². The highest BCUT2D eigenvalue weighted by molar-refractivity contribution is 7.89. The Balaban J connectivity index is 1.76. The Bertz CT molecular complexity index is 1080. The Hall–Kier alpha value is -2.45. The van der Waals surface area contributed by atoms with Gasteiger partial charge in [-0.15, -0.1) is 0 Å². The number of aryl methyl sites for hydroxylation is 2. The van der Waals surface area contributed by atoms with E-state index in [4.69, 9.17) is 4.74 Å². The Morgan fingerprint density at radius 3 is 2.27 bits per heavy atom. The van der Waals surface area contributed by atoms with Gasteiger partial charge in [-0.2, -0.15) is 4.31 Å². The molecule has 1 saturated heterocycles. The summed E-state index contributed by atoms with van der Waals surface area (Å²) in [6.07, 6.45) is 2.69. The maximum absolute atomic E-state index is 12.9. The molecule has 0 radical (unpaired) electrons. The predicted octanol–water partition coefficient (Wildman–Crippen LogP) is 3.16. The summed E-state index contributed by atoms with van der Waals surface area (Å²) in [6.45, 7) is 6.02. The highest BCUT2D eigenvalue weighted by atomic mass is 32.2. The second kappa shape index (κ2) is 8.73. The van der Waals surface area contributed by atoms with Gasteiger partial charge in [0.05, 0.1) is 10.5 Å². The molecule has 1 aliphatic heterocycles. The number of ether oxygens (including phenoxy) is 1. The zero-order valence-corrected chi connectivity index (χ0v) is 18.7. The van der Waals surface area contributed by atoms with Gasteiger partial charge in [0.2, 0.25) is 15.8 Å². The summed E-state index contributed by atoms with van der Waals surface area (Å²) < 4.78 is 34.4. The predicted molar refractivity (Wildman–Crippen MR) is 113 cm³/mol. The highest BCUT2D eigenvalue weighted by Gasteiger charge is 2.27. The minimum absolute atomic E-state index is 0.0720. The van der Waals surface area contributed by atoms with Crippen LogP contribution in [0, 0.1) is 20.8 Å². The molecule has 3 rings (SSSR count). The number of hydrogen-bond donors (Lipinski definition) is 0. The molecule has 7 nitrogen and oxygen atoms in total. The van der Waals surface area contributed by atoms with E-state index < -0.39 is 22.6 Å². The number of carbonyl (C=O) groups is 2. The summed E-state index contributed by atoms with van der Waals surface area (Å²) in [5.74, 6) is -0.999. The van der Waals surface area contributed by atoms with Crippen molar-refractivity contribution in [2.75, 3.05) is 19.7 Å². The number of piperidine rings is 1. The number of carbonyl (C=O) groups excluding carboxylic acids is 2. The van der Waals surface area contributed by atoms with Crippen LogP contribution in [0.4, 0.5) is 0 Å². The summed E-state index contributed by atoms with van der Waals surface area (Å²) in [5, 5.41) is 0. The van der Waals surface area contributed by atoms with Gasteiger partial charge in [0, 0.05) is 37.1 Å². The third-order valence-electron chi connectivity index (χ3n) is 5.79. The molecule has 0 unspecified atom stereocenters. The van der Waals surface area contributed by atoms with E-state index in [1.165, 1.54) is 16.4 Å². The first-order valence-electron chi connectivity index (χ1n) is 10.1. The lowest BCUT2D eigenvalue weighted by molar-refractivity contribution is 0.0473. The molecule has 0 bridgehead atoms. The van der Waals surface area contributed by atoms with Crippen molar-refractivity contribution < 1.29 is 22.7 Å². The van der Waals surface area contributed by atoms with Crippen LogP contribution in [0.2, 0.25) is 0 Å². The Morgan fingerprint density at radius 2 is 1.67 bits per heavy atom. The average molecular weight is 433 g/mol. The lowest BCUT2D eigenvalue weighted by Crippen LogP contribution is -2.35. The molecule has 0 atom stereocenters. The number of Topliss-reactive ketones (excluding diaryl/α,β-unsaturated/α-hetero) is 1. The lowest BCUT2D eigenvalue weighted by atomic mass is 10.1. The summed E-state index contributed by atoms with van der Waals surface area (Å²) in [7, 11) is -1.79. The van der Waals surface area contributed by atoms with Crippen molar-refractivity contribution in [2.24, 2.45) is 7.05 Å². The van der Waals surface area contributed by atoms with E-state index in [-0.39, 0.29) is 16.2 Å². The van der Waals surface area contributed by atoms with Crippen molar-refractivity contribution in [3.8, 4) is 0 Å². The minimum Gasteiger partial charge on any atom is -0.454 e. The van der Waals surface area contributed by atoms with Crippen LogP contribution in [0.1, 0.15) is 56.9 Å². The van der Waals surface area contributed by atoms with E-state index >= 15 is 0 Å². The molecule has 8 heteroatoms. The van der Waals surface area contributed by atoms with Crippen LogP contribution in [0.15, 0.2) is 29.2 Å². The van der Waals surface area contributed by atoms with E-state index in [0.717, 1.165) is 30.7 Å². The molecule has 0 saturated carbocycles. The summed E-state index contributed by atoms with van der Waals surface area (Å²) in [5.41, 5.74) is 3.01. The number of sulfonamides is 1. The Labute approximate surface area is 177 Å². The van der Waals surface area contributed by atoms with Crippen molar-refractivity contribution in [2.45, 2.75) is 44.9 Å². The van der Waals surface area contributed by atoms with Gasteiger partial charge in [-0.3, -0.25) is 4.79 Å². The molecule has 0 spiro atoms. The van der Waals surface area contributed by atoms with Crippen LogP contribution in [0.3, 0.4) is 0 Å². The number of nitrogens with zero attached hydrogens (tertiary/aromatic N) is 2. The molecule has 0 aliphatic carbocycles. The zero-order valence-electron chi connectivity index (χ0n) is 17.9. The molecule has 2 heterocycles. The summed E-state index contributed by atoms with van der Waals surface area (Å²) in [6, 6.07) is 6.23. The second-order valence-electron chi connectivity index (χ2n) is 7.78. The van der Waals surface area contributed by atoms with Crippen LogP contribution in [0.25, 0.3) is 0 Å². The molecular formula is C22H28N2O5S. The molecule has 1 aromatic carbocycles. The third kappa shape index (κ3) is 4.34. The third-order valence-corrected chi connectivity index (χ3v) is 7.69. The van der Waals surface area contributed by atoms with Crippen LogP contribution in [0.5, 0.6) is 0 Å². The van der Waals surface area contributed by atoms with Crippen LogP contribution >= 0.6 is 0 Å². The highest BCUT2D eigenvalue weighted by Crippen LogP contribution is 2.23. The first-order chi connectivity index (χ1) is 14.1. The standard InChI is InChI=1S/C22H28N2O5S/c1-15-8-9-18(30(27,28)24-10-6-5-7-11-24)13-19(15)22(26)29-14-21(25)20-12-16(2)23(4)17(20)3/h8-9,12-13H,5-7,10-11,14H2,1-4H3. The van der Waals surface area contributed by atoms with Crippen molar-refractivity contribution in [3.05, 3.63) is 52.3 Å². The average Bonchev–Trinajstić information content (AvgIpc) is 3.00. The molecule has 0 N–H and O–H groups in total. The number of hydrogen-bond acceptors (Lipinski definition) is 5. The maximum atomic E-state index is 12.9. The fourth-order valence-electron chi connectivity index (χ4n) is 3.66. The van der Waals surface area contributed by atoms with Gasteiger partial charge >= 0.3 is 5.97 Å². The summed E-state index contributed by atoms with van der Waals surface area (Å²) in [4.78, 5) is 25.2. The first-order valence-corrected chi connectivity index (χ1v) is 11.5. The fraction of sp³-hybridized carbons (Fsp3) is 0.455. The van der Waals surface area contributed by atoms with E-state index in [0.29, 0.717) is 24.2 Å². The summed E-state index contributed by atoms with van der Waals surface area (Å²) >= 11 is 0. The smallest absolute Gasteiger partial charge is 0.338 e. The molecule has 162 valence electrons. The monoisotopic (exact) mass is 432 g/mol. The maximum Gasteiger partial charge on any atom is 0.338 e. The van der Waals surface area contributed by atoms with Gasteiger partial charge in [0.1, 0.15) is 0 Å². The number of ketones is 1. The molecule has 0 amide bonds. The SMILES string of the molecule is Cc1ccc(S(=O)(=O)N2CCCCC2)cc1C(=O)OCC(=O)c1cc(C)n(C)c1C. The van der Waals surface area contributed by atoms with E-state index in [1.54, 1.807) is 19.1 Å². The number of aromatic nitrogens is 1. The number of esters is 1. The van der Waals surface area contributed by atoms with Crippen molar-refractivity contribution in [3.63, 3.8) is 0 Å². The molecule has 30 heavy (non-hydrogen) atoms. The lowest BCUT2D eigenvalue weighted by Gasteiger charge is -2.26. The number of benzene rings is 1. The van der Waals surface area contributed by atoms with Crippen molar-refractivity contribution in [1.29, 1.82) is 0 Å². The van der Waals surface area contributed by atoms with Gasteiger partial charge in [-0.05, 0) is 57.4 Å². The van der Waals surface area contributed by atoms with Gasteiger partial charge in [0.15, 0.2) is 6.61 Å². The number of rotatable bonds is 6. The van der Waals surface area contributed by atoms with Crippen molar-refractivity contribution >= 4 is 21.8 Å². The molecule has 1 aliphatic rings. The van der Waals surface area contributed by atoms with Gasteiger partial charge in [0.25, 0.3) is 0 Å². The quantitative estimate of drug-likeness (QED) is 0.517. The zero-order chi connectivity index (χ0) is 22.1. The van der Waals surface area contributed by atoms with E-state index in [9.17, 15) is 18.0 Å². The fourth-order valence-corrected chi connectivity index (χ4v) is 5.20. The Morgan fingerprint density at radius 1 is 1.00 bits per heavy atom. The topological polar surface area (TPSA) is 85.7 Å². The van der Waals surface area contributed by atoms with Crippen molar-refractivity contribution in [1.82, 2.24) is 8.87 Å². The molecule has 1 aromatic heterocycles. The van der Waals surface area contributed by atoms with Crippen LogP contribution in [-0.2, 0) is 21.8 Å². The Kier molecular flexibility index (Phi) is 6.47. The normalized spacial score (nSPS) is 15.2. The molecular weight excluding hydrogens is 404 g/mol. The molecule has 1 fully saturated rings. The van der Waals surface area contributed by atoms with E-state index in [2.05, 4.69) is 0 Å². The molecule has 2 aromatic rings. The van der Waals surface area contributed by atoms with Crippen LogP contribution < -0.4 is 0 Å². The van der Waals surface area contributed by atoms with E-state index in [1.807, 2.05) is 25.5 Å². The minimum atomic E-state index is -3.66. The van der Waals surface area contributed by atoms with Gasteiger partial charge in [-0.25, -0.2) is 13.2 Å². The van der Waals surface area contributed by atoms with Gasteiger partial charge < -0.3 is 9.30 Å². The van der Waals surface area contributed by atoms with Gasteiger partial charge in [-0.1, -0.05) is 12.5 Å². The largest absolute Gasteiger partial charge is 0.454 e. The first kappa shape index (κ1) is 22.2. The second-order valence-corrected chi connectivity index (χ2v) is 9.72.